The second kappa shape index (κ2) is 2.59. The van der Waals surface area contributed by atoms with Crippen LogP contribution in [0, 0.1) is 3.70 Å². The van der Waals surface area contributed by atoms with Crippen LogP contribution in [-0.4, -0.2) is 9.97 Å². The van der Waals surface area contributed by atoms with Gasteiger partial charge in [-0.2, -0.15) is 0 Å². The molecule has 1 aromatic rings. The Morgan fingerprint density at radius 1 is 1.38 bits per heavy atom. The van der Waals surface area contributed by atoms with Gasteiger partial charge in [-0.1, -0.05) is 11.6 Å². The quantitative estimate of drug-likeness (QED) is 0.646. The van der Waals surface area contributed by atoms with Crippen molar-refractivity contribution in [3.8, 4) is 0 Å². The molecule has 1 aromatic heterocycles. The van der Waals surface area contributed by atoms with E-state index in [9.17, 15) is 0 Å². The van der Waals surface area contributed by atoms with E-state index in [1.807, 2.05) is 22.6 Å². The van der Waals surface area contributed by atoms with E-state index in [-0.39, 0.29) is 0 Å². The second-order valence-corrected chi connectivity index (χ2v) is 2.52. The van der Waals surface area contributed by atoms with Gasteiger partial charge in [-0.05, 0) is 22.6 Å². The summed E-state index contributed by atoms with van der Waals surface area (Å²) < 4.78 is 0.742. The second-order valence-electron chi connectivity index (χ2n) is 1.14. The fraction of sp³-hybridized carbons (Fsp3) is 0. The number of nitrogens with zero attached hydrogens (tertiary/aromatic N) is 2. The third kappa shape index (κ3) is 1.29. The molecular formula is C4H2ClIN2. The molecule has 1 rings (SSSR count). The van der Waals surface area contributed by atoms with Gasteiger partial charge in [-0.15, -0.1) is 0 Å². The summed E-state index contributed by atoms with van der Waals surface area (Å²) in [5.74, 6) is 0. The Morgan fingerprint density at radius 3 is 2.38 bits per heavy atom. The predicted octanol–water partition coefficient (Wildman–Crippen LogP) is 1.73. The van der Waals surface area contributed by atoms with Gasteiger partial charge in [0.05, 0.1) is 0 Å². The van der Waals surface area contributed by atoms with Gasteiger partial charge in [0.25, 0.3) is 0 Å². The van der Waals surface area contributed by atoms with Crippen LogP contribution in [-0.2, 0) is 0 Å². The van der Waals surface area contributed by atoms with Crippen LogP contribution in [0.1, 0.15) is 0 Å². The van der Waals surface area contributed by atoms with E-state index in [4.69, 9.17) is 11.6 Å². The maximum absolute atomic E-state index is 5.53. The van der Waals surface area contributed by atoms with E-state index in [2.05, 4.69) is 9.97 Å². The molecule has 0 aliphatic heterocycles. The molecular weight excluding hydrogens is 238 g/mol. The number of hydrogen-bond acceptors (Lipinski definition) is 2. The summed E-state index contributed by atoms with van der Waals surface area (Å²) in [6.45, 7) is 0. The predicted molar refractivity (Wildman–Crippen MR) is 39.8 cm³/mol. The van der Waals surface area contributed by atoms with Crippen molar-refractivity contribution in [2.75, 3.05) is 0 Å². The maximum atomic E-state index is 5.53. The fourth-order valence-electron chi connectivity index (χ4n) is 0.304. The molecule has 0 spiro atoms. The van der Waals surface area contributed by atoms with Crippen LogP contribution in [0.3, 0.4) is 0 Å². The maximum Gasteiger partial charge on any atom is 0.160 e. The summed E-state index contributed by atoms with van der Waals surface area (Å²) in [5.41, 5.74) is 0. The molecule has 0 aliphatic carbocycles. The van der Waals surface area contributed by atoms with Crippen molar-refractivity contribution < 1.29 is 0 Å². The highest BCUT2D eigenvalue weighted by Crippen LogP contribution is 2.09. The number of halogens is 2. The zero-order chi connectivity index (χ0) is 5.98. The Kier molecular flexibility index (Phi) is 2.01. The Balaban J connectivity index is 3.13. The van der Waals surface area contributed by atoms with Crippen molar-refractivity contribution in [2.24, 2.45) is 0 Å². The minimum Gasteiger partial charge on any atom is -0.245 e. The van der Waals surface area contributed by atoms with Crippen molar-refractivity contribution in [1.82, 2.24) is 9.97 Å². The molecule has 0 aliphatic rings. The van der Waals surface area contributed by atoms with Crippen LogP contribution in [0.5, 0.6) is 0 Å². The van der Waals surface area contributed by atoms with Gasteiger partial charge in [-0.3, -0.25) is 0 Å². The molecule has 0 bridgehead atoms. The first-order valence-corrected chi connectivity index (χ1v) is 3.38. The van der Waals surface area contributed by atoms with Gasteiger partial charge in [0.1, 0.15) is 3.70 Å². The molecule has 0 amide bonds. The number of aromatic nitrogens is 2. The Hall–Kier alpha value is 0.100. The van der Waals surface area contributed by atoms with Crippen molar-refractivity contribution in [3.05, 3.63) is 21.2 Å². The average molecular weight is 240 g/mol. The lowest BCUT2D eigenvalue weighted by Gasteiger charge is -1.87. The molecule has 0 radical (unpaired) electrons. The van der Waals surface area contributed by atoms with Crippen LogP contribution in [0.15, 0.2) is 12.4 Å². The summed E-state index contributed by atoms with van der Waals surface area (Å²) in [7, 11) is 0. The molecule has 0 N–H and O–H groups in total. The Labute approximate surface area is 65.4 Å². The highest BCUT2D eigenvalue weighted by Gasteiger charge is 1.92. The monoisotopic (exact) mass is 240 g/mol. The number of rotatable bonds is 0. The summed E-state index contributed by atoms with van der Waals surface area (Å²) in [6, 6.07) is 0. The smallest absolute Gasteiger partial charge is 0.160 e. The van der Waals surface area contributed by atoms with Crippen LogP contribution >= 0.6 is 34.2 Å². The topological polar surface area (TPSA) is 25.8 Å². The highest BCUT2D eigenvalue weighted by atomic mass is 127. The molecule has 0 unspecified atom stereocenters. The molecule has 1 heterocycles. The van der Waals surface area contributed by atoms with Crippen molar-refractivity contribution in [2.45, 2.75) is 0 Å². The van der Waals surface area contributed by atoms with E-state index in [0.29, 0.717) is 5.15 Å². The SMILES string of the molecule is Clc1nccnc1I. The van der Waals surface area contributed by atoms with E-state index in [1.54, 1.807) is 12.4 Å². The third-order valence-corrected chi connectivity index (χ3v) is 2.00. The molecule has 42 valence electrons. The van der Waals surface area contributed by atoms with Gasteiger partial charge in [0.15, 0.2) is 5.15 Å². The van der Waals surface area contributed by atoms with Gasteiger partial charge in [-0.25, -0.2) is 9.97 Å². The highest BCUT2D eigenvalue weighted by molar-refractivity contribution is 14.1. The van der Waals surface area contributed by atoms with Gasteiger partial charge in [0, 0.05) is 12.4 Å². The van der Waals surface area contributed by atoms with E-state index in [1.165, 1.54) is 0 Å². The first kappa shape index (κ1) is 6.22. The first-order chi connectivity index (χ1) is 3.80. The van der Waals surface area contributed by atoms with Crippen LogP contribution in [0.4, 0.5) is 0 Å². The van der Waals surface area contributed by atoms with Crippen LogP contribution in [0.2, 0.25) is 5.15 Å². The fourth-order valence-corrected chi connectivity index (χ4v) is 0.709. The first-order valence-electron chi connectivity index (χ1n) is 1.92. The normalized spacial score (nSPS) is 9.25. The lowest BCUT2D eigenvalue weighted by molar-refractivity contribution is 1.16. The minimum absolute atomic E-state index is 0.466. The lowest BCUT2D eigenvalue weighted by Crippen LogP contribution is -1.81. The summed E-state index contributed by atoms with van der Waals surface area (Å²) in [4.78, 5) is 7.65. The van der Waals surface area contributed by atoms with Crippen molar-refractivity contribution in [3.63, 3.8) is 0 Å². The summed E-state index contributed by atoms with van der Waals surface area (Å²) >= 11 is 7.55. The average Bonchev–Trinajstić information content (AvgIpc) is 1.77. The molecule has 4 heteroatoms. The minimum atomic E-state index is 0.466. The van der Waals surface area contributed by atoms with Gasteiger partial charge in [0.2, 0.25) is 0 Å². The molecule has 0 aromatic carbocycles. The van der Waals surface area contributed by atoms with Crippen molar-refractivity contribution in [1.29, 1.82) is 0 Å². The molecule has 0 saturated heterocycles. The molecule has 0 saturated carbocycles. The summed E-state index contributed by atoms with van der Waals surface area (Å²) in [6.07, 6.45) is 3.16. The summed E-state index contributed by atoms with van der Waals surface area (Å²) in [5, 5.41) is 0.466. The van der Waals surface area contributed by atoms with Crippen LogP contribution in [0.25, 0.3) is 0 Å². The molecule has 2 nitrogen and oxygen atoms in total. The van der Waals surface area contributed by atoms with E-state index < -0.39 is 0 Å². The van der Waals surface area contributed by atoms with E-state index in [0.717, 1.165) is 3.70 Å². The zero-order valence-corrected chi connectivity index (χ0v) is 6.72. The molecule has 0 fully saturated rings. The van der Waals surface area contributed by atoms with Gasteiger partial charge < -0.3 is 0 Å². The number of hydrogen-bond donors (Lipinski definition) is 0. The largest absolute Gasteiger partial charge is 0.245 e. The van der Waals surface area contributed by atoms with Crippen LogP contribution < -0.4 is 0 Å². The zero-order valence-electron chi connectivity index (χ0n) is 3.81. The lowest BCUT2D eigenvalue weighted by atomic mass is 10.8. The Bertz CT molecular complexity index is 170. The van der Waals surface area contributed by atoms with Gasteiger partial charge >= 0.3 is 0 Å². The molecule has 0 atom stereocenters. The van der Waals surface area contributed by atoms with E-state index >= 15 is 0 Å². The third-order valence-electron chi connectivity index (χ3n) is 0.613. The van der Waals surface area contributed by atoms with Crippen molar-refractivity contribution >= 4 is 34.2 Å². The Morgan fingerprint density at radius 2 is 2.00 bits per heavy atom. The molecule has 8 heavy (non-hydrogen) atoms. The standard InChI is InChI=1S/C4H2ClIN2/c5-3-4(6)8-2-1-7-3/h1-2H.